The van der Waals surface area contributed by atoms with Crippen molar-refractivity contribution >= 4 is 21.8 Å². The molecule has 4 nitrogen and oxygen atoms in total. The normalized spacial score (nSPS) is 11.1. The zero-order valence-electron chi connectivity index (χ0n) is 15.1. The van der Waals surface area contributed by atoms with Crippen molar-refractivity contribution in [2.75, 3.05) is 20.8 Å². The monoisotopic (exact) mass is 405 g/mol. The van der Waals surface area contributed by atoms with Crippen LogP contribution >= 0.6 is 15.9 Å². The van der Waals surface area contributed by atoms with Crippen molar-refractivity contribution in [1.29, 1.82) is 0 Å². The third-order valence-corrected chi connectivity index (χ3v) is 4.72. The number of benzene rings is 2. The predicted molar refractivity (Wildman–Crippen MR) is 103 cm³/mol. The Balaban J connectivity index is 2.02. The van der Waals surface area contributed by atoms with Gasteiger partial charge in [-0.05, 0) is 35.9 Å². The Kier molecular flexibility index (Phi) is 6.48. The van der Waals surface area contributed by atoms with Gasteiger partial charge in [0.15, 0.2) is 0 Å². The largest absolute Gasteiger partial charge is 0.497 e. The van der Waals surface area contributed by atoms with Gasteiger partial charge in [-0.2, -0.15) is 0 Å². The van der Waals surface area contributed by atoms with E-state index >= 15 is 0 Å². The van der Waals surface area contributed by atoms with Gasteiger partial charge in [0.05, 0.1) is 20.6 Å². The van der Waals surface area contributed by atoms with Crippen molar-refractivity contribution in [2.45, 2.75) is 25.7 Å². The van der Waals surface area contributed by atoms with Crippen LogP contribution in [-0.2, 0) is 16.6 Å². The lowest BCUT2D eigenvalue weighted by molar-refractivity contribution is -0.120. The van der Waals surface area contributed by atoms with Gasteiger partial charge < -0.3 is 14.8 Å². The topological polar surface area (TPSA) is 47.6 Å². The average molecular weight is 406 g/mol. The maximum atomic E-state index is 12.4. The van der Waals surface area contributed by atoms with Crippen LogP contribution in [0.3, 0.4) is 0 Å². The molecule has 0 spiro atoms. The molecule has 0 aromatic heterocycles. The summed E-state index contributed by atoms with van der Waals surface area (Å²) in [5, 5.41) is 3.03. The Hall–Kier alpha value is -2.01. The number of halogens is 1. The van der Waals surface area contributed by atoms with Gasteiger partial charge >= 0.3 is 0 Å². The van der Waals surface area contributed by atoms with E-state index < -0.39 is 0 Å². The highest BCUT2D eigenvalue weighted by atomic mass is 79.9. The third kappa shape index (κ3) is 5.23. The van der Waals surface area contributed by atoms with E-state index in [1.807, 2.05) is 30.3 Å². The van der Waals surface area contributed by atoms with E-state index in [0.29, 0.717) is 18.0 Å². The van der Waals surface area contributed by atoms with Crippen molar-refractivity contribution < 1.29 is 14.3 Å². The Labute approximate surface area is 157 Å². The molecule has 134 valence electrons. The van der Waals surface area contributed by atoms with Gasteiger partial charge in [-0.25, -0.2) is 0 Å². The number of amides is 1. The number of rotatable bonds is 7. The van der Waals surface area contributed by atoms with E-state index in [4.69, 9.17) is 9.47 Å². The van der Waals surface area contributed by atoms with Crippen LogP contribution in [0.15, 0.2) is 46.9 Å². The molecule has 2 aromatic carbocycles. The second-order valence-electron chi connectivity index (χ2n) is 6.52. The lowest BCUT2D eigenvalue weighted by Gasteiger charge is -2.26. The fourth-order valence-electron chi connectivity index (χ4n) is 2.58. The summed E-state index contributed by atoms with van der Waals surface area (Å²) in [5.74, 6) is 1.35. The van der Waals surface area contributed by atoms with Crippen LogP contribution in [0.1, 0.15) is 25.0 Å². The van der Waals surface area contributed by atoms with Gasteiger partial charge in [0.2, 0.25) is 5.91 Å². The van der Waals surface area contributed by atoms with E-state index in [0.717, 1.165) is 10.0 Å². The summed E-state index contributed by atoms with van der Waals surface area (Å²) in [6.45, 7) is 4.78. The van der Waals surface area contributed by atoms with E-state index in [9.17, 15) is 4.79 Å². The average Bonchev–Trinajstić information content (AvgIpc) is 2.60. The first-order valence-electron chi connectivity index (χ1n) is 8.09. The number of ether oxygens (including phenoxy) is 2. The molecule has 25 heavy (non-hydrogen) atoms. The van der Waals surface area contributed by atoms with Gasteiger partial charge in [0, 0.05) is 22.0 Å². The summed E-state index contributed by atoms with van der Waals surface area (Å²) in [5.41, 5.74) is 1.82. The van der Waals surface area contributed by atoms with E-state index in [1.165, 1.54) is 5.56 Å². The molecule has 2 aromatic rings. The van der Waals surface area contributed by atoms with Crippen molar-refractivity contribution in [3.05, 3.63) is 58.1 Å². The highest BCUT2D eigenvalue weighted by Crippen LogP contribution is 2.26. The van der Waals surface area contributed by atoms with Crippen molar-refractivity contribution in [2.24, 2.45) is 0 Å². The summed E-state index contributed by atoms with van der Waals surface area (Å²) in [6, 6.07) is 13.6. The molecule has 0 aliphatic carbocycles. The van der Waals surface area contributed by atoms with Crippen LogP contribution in [0, 0.1) is 0 Å². The lowest BCUT2D eigenvalue weighted by atomic mass is 9.84. The second kappa shape index (κ2) is 8.39. The van der Waals surface area contributed by atoms with Crippen LogP contribution in [-0.4, -0.2) is 26.7 Å². The lowest BCUT2D eigenvalue weighted by Crippen LogP contribution is -2.37. The molecule has 1 N–H and O–H groups in total. The molecule has 0 atom stereocenters. The number of hydrogen-bond donors (Lipinski definition) is 1. The summed E-state index contributed by atoms with van der Waals surface area (Å²) >= 11 is 3.44. The van der Waals surface area contributed by atoms with E-state index in [-0.39, 0.29) is 17.7 Å². The molecule has 0 fully saturated rings. The highest BCUT2D eigenvalue weighted by molar-refractivity contribution is 9.10. The number of hydrogen-bond acceptors (Lipinski definition) is 3. The van der Waals surface area contributed by atoms with Gasteiger partial charge in [-0.15, -0.1) is 0 Å². The molecule has 1 amide bonds. The molecule has 0 bridgehead atoms. The first kappa shape index (κ1) is 19.3. The Morgan fingerprint density at radius 2 is 1.76 bits per heavy atom. The smallest absolute Gasteiger partial charge is 0.224 e. The number of nitrogens with one attached hydrogen (secondary N) is 1. The van der Waals surface area contributed by atoms with Gasteiger partial charge in [0.1, 0.15) is 11.5 Å². The fourth-order valence-corrected chi connectivity index (χ4v) is 2.84. The minimum absolute atomic E-state index is 0.0447. The van der Waals surface area contributed by atoms with Crippen molar-refractivity contribution in [1.82, 2.24) is 5.32 Å². The maximum Gasteiger partial charge on any atom is 0.224 e. The molecule has 0 radical (unpaired) electrons. The molecule has 2 rings (SSSR count). The summed E-state index contributed by atoms with van der Waals surface area (Å²) in [6.07, 6.45) is 0.247. The van der Waals surface area contributed by atoms with Crippen LogP contribution in [0.4, 0.5) is 0 Å². The SMILES string of the molecule is COc1ccc(OC)c(CC(=O)NCC(C)(C)c2ccc(Br)cc2)c1. The van der Waals surface area contributed by atoms with Crippen LogP contribution in [0.5, 0.6) is 11.5 Å². The Bertz CT molecular complexity index is 726. The zero-order valence-corrected chi connectivity index (χ0v) is 16.6. The molecule has 5 heteroatoms. The summed E-state index contributed by atoms with van der Waals surface area (Å²) in [4.78, 5) is 12.4. The Morgan fingerprint density at radius 1 is 1.08 bits per heavy atom. The second-order valence-corrected chi connectivity index (χ2v) is 7.44. The minimum Gasteiger partial charge on any atom is -0.497 e. The molecule has 0 unspecified atom stereocenters. The first-order valence-corrected chi connectivity index (χ1v) is 8.88. The van der Waals surface area contributed by atoms with Gasteiger partial charge in [0.25, 0.3) is 0 Å². The molecular formula is C20H24BrNO3. The van der Waals surface area contributed by atoms with Crippen molar-refractivity contribution in [3.8, 4) is 11.5 Å². The number of carbonyl (C=O) groups is 1. The molecule has 0 heterocycles. The first-order chi connectivity index (χ1) is 11.9. The van der Waals surface area contributed by atoms with Crippen LogP contribution < -0.4 is 14.8 Å². The summed E-state index contributed by atoms with van der Waals surface area (Å²) in [7, 11) is 3.20. The Morgan fingerprint density at radius 3 is 2.36 bits per heavy atom. The fraction of sp³-hybridized carbons (Fsp3) is 0.350. The maximum absolute atomic E-state index is 12.4. The van der Waals surface area contributed by atoms with Crippen LogP contribution in [0.2, 0.25) is 0 Å². The van der Waals surface area contributed by atoms with E-state index in [1.54, 1.807) is 14.2 Å². The van der Waals surface area contributed by atoms with Crippen molar-refractivity contribution in [3.63, 3.8) is 0 Å². The molecule has 0 aliphatic rings. The molecule has 0 aliphatic heterocycles. The zero-order chi connectivity index (χ0) is 18.4. The highest BCUT2D eigenvalue weighted by Gasteiger charge is 2.21. The van der Waals surface area contributed by atoms with Gasteiger partial charge in [-0.3, -0.25) is 4.79 Å². The number of carbonyl (C=O) groups excluding carboxylic acids is 1. The quantitative estimate of drug-likeness (QED) is 0.753. The molecule has 0 saturated carbocycles. The molecule has 0 saturated heterocycles. The summed E-state index contributed by atoms with van der Waals surface area (Å²) < 4.78 is 11.6. The standard InChI is InChI=1S/C20H24BrNO3/c1-20(2,15-5-7-16(21)8-6-15)13-22-19(23)12-14-11-17(24-3)9-10-18(14)25-4/h5-11H,12-13H2,1-4H3,(H,22,23). The number of methoxy groups -OCH3 is 2. The van der Waals surface area contributed by atoms with Gasteiger partial charge in [-0.1, -0.05) is 41.9 Å². The molecular weight excluding hydrogens is 382 g/mol. The van der Waals surface area contributed by atoms with E-state index in [2.05, 4.69) is 47.2 Å². The van der Waals surface area contributed by atoms with Crippen LogP contribution in [0.25, 0.3) is 0 Å². The third-order valence-electron chi connectivity index (χ3n) is 4.19. The minimum atomic E-state index is -0.158. The predicted octanol–water partition coefficient (Wildman–Crippen LogP) is 4.10.